The molecule has 0 aromatic heterocycles. The van der Waals surface area contributed by atoms with Crippen LogP contribution in [0.4, 0.5) is 0 Å². The van der Waals surface area contributed by atoms with E-state index in [0.717, 1.165) is 5.56 Å². The molecule has 1 amide bonds. The molecule has 2 aromatic carbocycles. The van der Waals surface area contributed by atoms with Gasteiger partial charge in [-0.15, -0.1) is 0 Å². The summed E-state index contributed by atoms with van der Waals surface area (Å²) in [6, 6.07) is 11.6. The molecule has 1 heterocycles. The third-order valence-corrected chi connectivity index (χ3v) is 5.47. The molecular weight excluding hydrogens is 410 g/mol. The number of aryl methyl sites for hydroxylation is 1. The van der Waals surface area contributed by atoms with Crippen molar-refractivity contribution in [2.75, 3.05) is 34.0 Å². The number of para-hydroxylation sites is 1. The molecule has 0 aliphatic carbocycles. The van der Waals surface area contributed by atoms with Gasteiger partial charge in [0.15, 0.2) is 0 Å². The normalized spacial score (nSPS) is 17.6. The summed E-state index contributed by atoms with van der Waals surface area (Å²) in [6.45, 7) is 4.90. The van der Waals surface area contributed by atoms with Gasteiger partial charge in [0.05, 0.1) is 25.3 Å². The first-order valence-corrected chi connectivity index (χ1v) is 10.6. The molecule has 0 radical (unpaired) electrons. The number of nitrogens with zero attached hydrogens (tertiary/aromatic N) is 1. The number of ether oxygens (including phenoxy) is 3. The van der Waals surface area contributed by atoms with E-state index < -0.39 is 17.7 Å². The van der Waals surface area contributed by atoms with Crippen molar-refractivity contribution in [1.29, 1.82) is 0 Å². The van der Waals surface area contributed by atoms with E-state index in [1.807, 2.05) is 32.0 Å². The highest BCUT2D eigenvalue weighted by Gasteiger charge is 2.46. The highest BCUT2D eigenvalue weighted by molar-refractivity contribution is 6.46. The summed E-state index contributed by atoms with van der Waals surface area (Å²) in [5.41, 5.74) is 1.94. The third-order valence-electron chi connectivity index (χ3n) is 5.47. The minimum atomic E-state index is -0.767. The molecule has 0 spiro atoms. The Bertz CT molecular complexity index is 1030. The maximum atomic E-state index is 13.1. The van der Waals surface area contributed by atoms with Gasteiger partial charge in [0.1, 0.15) is 17.3 Å². The molecule has 0 saturated carbocycles. The van der Waals surface area contributed by atoms with Crippen LogP contribution in [0.15, 0.2) is 48.0 Å². The molecule has 0 unspecified atom stereocenters. The lowest BCUT2D eigenvalue weighted by atomic mass is 9.94. The van der Waals surface area contributed by atoms with E-state index in [-0.39, 0.29) is 11.3 Å². The van der Waals surface area contributed by atoms with Crippen LogP contribution in [0.2, 0.25) is 0 Å². The lowest BCUT2D eigenvalue weighted by Crippen LogP contribution is -2.31. The van der Waals surface area contributed by atoms with Gasteiger partial charge in [-0.2, -0.15) is 0 Å². The Hall–Kier alpha value is -3.32. The second-order valence-electron chi connectivity index (χ2n) is 7.49. The quantitative estimate of drug-likeness (QED) is 0.276. The molecule has 32 heavy (non-hydrogen) atoms. The number of ketones is 1. The third kappa shape index (κ3) is 4.48. The largest absolute Gasteiger partial charge is 0.507 e. The number of hydrogen-bond donors (Lipinski definition) is 1. The summed E-state index contributed by atoms with van der Waals surface area (Å²) in [7, 11) is 3.15. The average molecular weight is 440 g/mol. The van der Waals surface area contributed by atoms with Gasteiger partial charge in [-0.1, -0.05) is 18.2 Å². The van der Waals surface area contributed by atoms with Gasteiger partial charge in [-0.3, -0.25) is 9.59 Å². The number of rotatable bonds is 9. The van der Waals surface area contributed by atoms with Crippen molar-refractivity contribution in [2.45, 2.75) is 26.3 Å². The number of methoxy groups -OCH3 is 2. The number of benzene rings is 2. The lowest BCUT2D eigenvalue weighted by molar-refractivity contribution is -0.140. The minimum absolute atomic E-state index is 0.0455. The first kappa shape index (κ1) is 23.3. The van der Waals surface area contributed by atoms with Crippen LogP contribution in [0.3, 0.4) is 0 Å². The molecule has 1 aliphatic heterocycles. The van der Waals surface area contributed by atoms with Crippen LogP contribution in [-0.2, 0) is 14.3 Å². The molecule has 1 N–H and O–H groups in total. The number of Topliss-reactive ketones (excluding diaryl/α,β-unsaturated/α-hetero) is 1. The Morgan fingerprint density at radius 3 is 2.50 bits per heavy atom. The van der Waals surface area contributed by atoms with E-state index in [0.29, 0.717) is 48.8 Å². The van der Waals surface area contributed by atoms with Gasteiger partial charge in [0.25, 0.3) is 11.7 Å². The summed E-state index contributed by atoms with van der Waals surface area (Å²) < 4.78 is 16.2. The van der Waals surface area contributed by atoms with Gasteiger partial charge in [-0.25, -0.2) is 0 Å². The van der Waals surface area contributed by atoms with E-state index in [4.69, 9.17) is 14.2 Å². The van der Waals surface area contributed by atoms with E-state index in [1.165, 1.54) is 4.90 Å². The van der Waals surface area contributed by atoms with Crippen LogP contribution >= 0.6 is 0 Å². The monoisotopic (exact) mass is 439 g/mol. The van der Waals surface area contributed by atoms with Crippen LogP contribution in [0.25, 0.3) is 5.76 Å². The number of amides is 1. The minimum Gasteiger partial charge on any atom is -0.507 e. The van der Waals surface area contributed by atoms with Crippen LogP contribution in [0, 0.1) is 6.92 Å². The fraction of sp³-hybridized carbons (Fsp3) is 0.360. The Labute approximate surface area is 188 Å². The summed E-state index contributed by atoms with van der Waals surface area (Å²) >= 11 is 0. The van der Waals surface area contributed by atoms with Crippen LogP contribution in [-0.4, -0.2) is 55.7 Å². The zero-order valence-electron chi connectivity index (χ0n) is 18.9. The number of aliphatic hydroxyl groups excluding tert-OH is 1. The average Bonchev–Trinajstić information content (AvgIpc) is 3.04. The molecule has 1 atom stereocenters. The van der Waals surface area contributed by atoms with Gasteiger partial charge >= 0.3 is 0 Å². The summed E-state index contributed by atoms with van der Waals surface area (Å²) in [4.78, 5) is 27.6. The fourth-order valence-electron chi connectivity index (χ4n) is 3.99. The number of likely N-dealkylation sites (tertiary alicyclic amines) is 1. The number of carbonyl (C=O) groups is 2. The molecular formula is C25H29NO6. The smallest absolute Gasteiger partial charge is 0.295 e. The second-order valence-corrected chi connectivity index (χ2v) is 7.49. The van der Waals surface area contributed by atoms with Crippen molar-refractivity contribution in [3.05, 3.63) is 64.7 Å². The molecule has 1 saturated heterocycles. The zero-order chi connectivity index (χ0) is 23.3. The predicted octanol–water partition coefficient (Wildman–Crippen LogP) is 3.86. The SMILES string of the molecule is CCOc1ccccc1[C@H]1C(=C(O)c2ccc(OC)c(C)c2)C(=O)C(=O)N1CCCOC. The van der Waals surface area contributed by atoms with E-state index in [2.05, 4.69) is 0 Å². The highest BCUT2D eigenvalue weighted by Crippen LogP contribution is 2.43. The number of hydrogen-bond acceptors (Lipinski definition) is 6. The topological polar surface area (TPSA) is 85.3 Å². The molecule has 1 fully saturated rings. The maximum Gasteiger partial charge on any atom is 0.295 e. The number of aliphatic hydroxyl groups is 1. The summed E-state index contributed by atoms with van der Waals surface area (Å²) in [5.74, 6) is -0.358. The first-order chi connectivity index (χ1) is 15.4. The van der Waals surface area contributed by atoms with Crippen molar-refractivity contribution in [1.82, 2.24) is 4.90 Å². The Morgan fingerprint density at radius 2 is 1.84 bits per heavy atom. The molecule has 170 valence electrons. The lowest BCUT2D eigenvalue weighted by Gasteiger charge is -2.26. The van der Waals surface area contributed by atoms with Gasteiger partial charge in [0.2, 0.25) is 0 Å². The molecule has 1 aliphatic rings. The van der Waals surface area contributed by atoms with E-state index in [1.54, 1.807) is 38.5 Å². The molecule has 7 nitrogen and oxygen atoms in total. The van der Waals surface area contributed by atoms with Crippen LogP contribution < -0.4 is 9.47 Å². The van der Waals surface area contributed by atoms with Crippen LogP contribution in [0.5, 0.6) is 11.5 Å². The van der Waals surface area contributed by atoms with E-state index >= 15 is 0 Å². The fourth-order valence-corrected chi connectivity index (χ4v) is 3.99. The van der Waals surface area contributed by atoms with Crippen molar-refractivity contribution in [3.63, 3.8) is 0 Å². The van der Waals surface area contributed by atoms with Gasteiger partial charge in [0, 0.05) is 31.4 Å². The Kier molecular flexibility index (Phi) is 7.53. The molecule has 7 heteroatoms. The molecule has 3 rings (SSSR count). The van der Waals surface area contributed by atoms with Crippen molar-refractivity contribution in [2.24, 2.45) is 0 Å². The van der Waals surface area contributed by atoms with Crippen molar-refractivity contribution in [3.8, 4) is 11.5 Å². The van der Waals surface area contributed by atoms with Crippen LogP contribution in [0.1, 0.15) is 36.1 Å². The Morgan fingerprint density at radius 1 is 1.09 bits per heavy atom. The maximum absolute atomic E-state index is 13.1. The first-order valence-electron chi connectivity index (χ1n) is 10.6. The molecule has 0 bridgehead atoms. The van der Waals surface area contributed by atoms with Crippen molar-refractivity contribution < 1.29 is 28.9 Å². The molecule has 2 aromatic rings. The van der Waals surface area contributed by atoms with Gasteiger partial charge in [-0.05, 0) is 50.1 Å². The summed E-state index contributed by atoms with van der Waals surface area (Å²) in [6.07, 6.45) is 0.554. The summed E-state index contributed by atoms with van der Waals surface area (Å²) in [5, 5.41) is 11.2. The Balaban J connectivity index is 2.17. The highest BCUT2D eigenvalue weighted by atomic mass is 16.5. The number of carbonyl (C=O) groups excluding carboxylic acids is 2. The van der Waals surface area contributed by atoms with Gasteiger partial charge < -0.3 is 24.2 Å². The predicted molar refractivity (Wildman–Crippen MR) is 121 cm³/mol. The zero-order valence-corrected chi connectivity index (χ0v) is 18.9. The van der Waals surface area contributed by atoms with E-state index in [9.17, 15) is 14.7 Å². The standard InChI is InChI=1S/C25H29NO6/c1-5-32-20-10-7-6-9-18(20)22-21(24(28)25(29)26(22)13-8-14-30-3)23(27)17-11-12-19(31-4)16(2)15-17/h6-7,9-12,15,22,27H,5,8,13-14H2,1-4H3/t22-/m0/s1. The second kappa shape index (κ2) is 10.3. The van der Waals surface area contributed by atoms with Crippen molar-refractivity contribution >= 4 is 17.4 Å².